The number of anilines is 1. The van der Waals surface area contributed by atoms with Gasteiger partial charge in [-0.05, 0) is 43.7 Å². The van der Waals surface area contributed by atoms with Crippen LogP contribution in [0.4, 0.5) is 14.6 Å². The Hall–Kier alpha value is -3.28. The Bertz CT molecular complexity index is 1510. The van der Waals surface area contributed by atoms with Crippen molar-refractivity contribution in [1.82, 2.24) is 14.5 Å². The number of piperazine rings is 1. The molecule has 206 valence electrons. The average Bonchev–Trinajstić information content (AvgIpc) is 2.91. The number of benzene rings is 2. The van der Waals surface area contributed by atoms with Crippen molar-refractivity contribution in [2.45, 2.75) is 30.8 Å². The van der Waals surface area contributed by atoms with Gasteiger partial charge in [0, 0.05) is 66.0 Å². The summed E-state index contributed by atoms with van der Waals surface area (Å²) in [6, 6.07) is 5.04. The third kappa shape index (κ3) is 4.94. The molecule has 3 aromatic rings. The number of halogens is 2. The summed E-state index contributed by atoms with van der Waals surface area (Å²) in [6.07, 6.45) is 1.30. The third-order valence-electron chi connectivity index (χ3n) is 7.22. The maximum absolute atomic E-state index is 15.1. The van der Waals surface area contributed by atoms with E-state index in [-0.39, 0.29) is 37.0 Å². The van der Waals surface area contributed by atoms with Crippen LogP contribution >= 0.6 is 11.8 Å². The van der Waals surface area contributed by atoms with Gasteiger partial charge in [0.15, 0.2) is 0 Å². The summed E-state index contributed by atoms with van der Waals surface area (Å²) in [5, 5.41) is 0.757. The van der Waals surface area contributed by atoms with E-state index >= 15 is 4.39 Å². The number of thioether (sulfide) groups is 1. The van der Waals surface area contributed by atoms with E-state index in [0.29, 0.717) is 42.3 Å². The number of aryl methyl sites for hydroxylation is 1. The number of aromatic nitrogens is 2. The summed E-state index contributed by atoms with van der Waals surface area (Å²) in [7, 11) is 1.53. The van der Waals surface area contributed by atoms with E-state index in [1.165, 1.54) is 37.1 Å². The smallest absolute Gasteiger partial charge is 0.350 e. The van der Waals surface area contributed by atoms with Crippen LogP contribution in [0.15, 0.2) is 46.6 Å². The third-order valence-corrected chi connectivity index (χ3v) is 8.46. The van der Waals surface area contributed by atoms with Crippen molar-refractivity contribution in [2.75, 3.05) is 50.8 Å². The van der Waals surface area contributed by atoms with E-state index in [1.807, 2.05) is 24.8 Å². The molecule has 0 unspecified atom stereocenters. The quantitative estimate of drug-likeness (QED) is 0.246. The summed E-state index contributed by atoms with van der Waals surface area (Å²) in [5.41, 5.74) is 1.89. The van der Waals surface area contributed by atoms with E-state index in [4.69, 9.17) is 9.47 Å². The van der Waals surface area contributed by atoms with E-state index in [1.54, 1.807) is 9.47 Å². The lowest BCUT2D eigenvalue weighted by Gasteiger charge is -2.41. The summed E-state index contributed by atoms with van der Waals surface area (Å²) in [6.45, 7) is 9.19. The van der Waals surface area contributed by atoms with E-state index in [9.17, 15) is 14.0 Å². The molecule has 5 rings (SSSR count). The number of hydrogen-bond donors (Lipinski definition) is 0. The predicted octanol–water partition coefficient (Wildman–Crippen LogP) is 4.14. The van der Waals surface area contributed by atoms with Gasteiger partial charge in [-0.25, -0.2) is 13.6 Å². The lowest BCUT2D eigenvalue weighted by Crippen LogP contribution is -2.54. The fraction of sp³-hybridized carbons (Fsp3) is 0.393. The number of hydrogen-bond acceptors (Lipinski definition) is 7. The first-order valence-electron chi connectivity index (χ1n) is 12.7. The Balaban J connectivity index is 1.71. The van der Waals surface area contributed by atoms with Gasteiger partial charge >= 0.3 is 5.69 Å². The molecule has 0 radical (unpaired) electrons. The molecule has 1 aromatic heterocycles. The standard InChI is InChI=1S/C28H30F2N4O4S/c1-5-23(35)32-8-9-33(17(3)12-32)27-21-10-16(2)24(20-7-6-18(29)11-22(20)30)26-25(21)34(28(36)31-27)19(14-39-26)13-38-15-37-4/h5-7,10-11,17,19H,1,8-9,12-15H2,2-4H3/t17-,19-/m0/s1. The zero-order chi connectivity index (χ0) is 27.8. The molecule has 2 aliphatic rings. The van der Waals surface area contributed by atoms with Gasteiger partial charge in [-0.15, -0.1) is 11.8 Å². The second-order valence-electron chi connectivity index (χ2n) is 9.78. The Morgan fingerprint density at radius 2 is 2.08 bits per heavy atom. The summed E-state index contributed by atoms with van der Waals surface area (Å²) in [4.78, 5) is 34.9. The Kier molecular flexibility index (Phi) is 7.75. The molecule has 2 atom stereocenters. The van der Waals surface area contributed by atoms with Crippen molar-refractivity contribution in [3.63, 3.8) is 0 Å². The van der Waals surface area contributed by atoms with Crippen LogP contribution in [0.3, 0.4) is 0 Å². The second kappa shape index (κ2) is 11.1. The highest BCUT2D eigenvalue weighted by Gasteiger charge is 2.33. The Morgan fingerprint density at radius 3 is 2.77 bits per heavy atom. The topological polar surface area (TPSA) is 76.9 Å². The molecular formula is C28H30F2N4O4S. The molecule has 2 aliphatic heterocycles. The molecule has 0 spiro atoms. The number of nitrogens with zero attached hydrogens (tertiary/aromatic N) is 4. The Labute approximate surface area is 229 Å². The molecule has 8 nitrogen and oxygen atoms in total. The van der Waals surface area contributed by atoms with Crippen molar-refractivity contribution in [3.05, 3.63) is 64.6 Å². The van der Waals surface area contributed by atoms with Crippen LogP contribution < -0.4 is 10.6 Å². The van der Waals surface area contributed by atoms with Gasteiger partial charge in [0.1, 0.15) is 24.2 Å². The number of ether oxygens (including phenoxy) is 2. The number of carbonyl (C=O) groups excluding carboxylic acids is 1. The highest BCUT2D eigenvalue weighted by atomic mass is 32.2. The lowest BCUT2D eigenvalue weighted by molar-refractivity contribution is -0.126. The number of carbonyl (C=O) groups is 1. The molecule has 39 heavy (non-hydrogen) atoms. The van der Waals surface area contributed by atoms with Gasteiger partial charge in [0.05, 0.1) is 18.2 Å². The lowest BCUT2D eigenvalue weighted by atomic mass is 9.96. The fourth-order valence-electron chi connectivity index (χ4n) is 5.46. The first-order valence-corrected chi connectivity index (χ1v) is 13.7. The average molecular weight is 557 g/mol. The van der Waals surface area contributed by atoms with Gasteiger partial charge in [-0.2, -0.15) is 4.98 Å². The van der Waals surface area contributed by atoms with Gasteiger partial charge in [-0.1, -0.05) is 6.58 Å². The Morgan fingerprint density at radius 1 is 1.28 bits per heavy atom. The molecule has 0 saturated carbocycles. The monoisotopic (exact) mass is 556 g/mol. The molecule has 1 fully saturated rings. The van der Waals surface area contributed by atoms with Gasteiger partial charge in [0.2, 0.25) is 5.91 Å². The van der Waals surface area contributed by atoms with E-state index < -0.39 is 17.3 Å². The van der Waals surface area contributed by atoms with Gasteiger partial charge < -0.3 is 19.3 Å². The largest absolute Gasteiger partial charge is 0.359 e. The fourth-order valence-corrected chi connectivity index (χ4v) is 6.82. The summed E-state index contributed by atoms with van der Waals surface area (Å²) >= 11 is 1.52. The molecule has 0 aliphatic carbocycles. The minimum absolute atomic E-state index is 0.0859. The van der Waals surface area contributed by atoms with Crippen LogP contribution in [-0.4, -0.2) is 72.3 Å². The van der Waals surface area contributed by atoms with Crippen LogP contribution in [-0.2, 0) is 14.3 Å². The molecule has 0 bridgehead atoms. The summed E-state index contributed by atoms with van der Waals surface area (Å²) in [5.74, 6) is -0.426. The van der Waals surface area contributed by atoms with Gasteiger partial charge in [0.25, 0.3) is 0 Å². The van der Waals surface area contributed by atoms with Crippen molar-refractivity contribution in [3.8, 4) is 11.1 Å². The van der Waals surface area contributed by atoms with Crippen LogP contribution in [0.25, 0.3) is 22.0 Å². The van der Waals surface area contributed by atoms with E-state index in [0.717, 1.165) is 21.9 Å². The first-order chi connectivity index (χ1) is 18.7. The molecule has 0 N–H and O–H groups in total. The minimum Gasteiger partial charge on any atom is -0.359 e. The maximum atomic E-state index is 15.1. The van der Waals surface area contributed by atoms with Crippen molar-refractivity contribution in [1.29, 1.82) is 0 Å². The van der Waals surface area contributed by atoms with E-state index in [2.05, 4.69) is 11.6 Å². The molecular weight excluding hydrogens is 526 g/mol. The highest BCUT2D eigenvalue weighted by molar-refractivity contribution is 7.99. The van der Waals surface area contributed by atoms with Crippen molar-refractivity contribution < 1.29 is 23.0 Å². The predicted molar refractivity (Wildman–Crippen MR) is 147 cm³/mol. The summed E-state index contributed by atoms with van der Waals surface area (Å²) < 4.78 is 41.1. The zero-order valence-electron chi connectivity index (χ0n) is 22.1. The molecule has 1 saturated heterocycles. The van der Waals surface area contributed by atoms with Gasteiger partial charge in [-0.3, -0.25) is 9.36 Å². The first kappa shape index (κ1) is 27.3. The molecule has 3 heterocycles. The highest BCUT2D eigenvalue weighted by Crippen LogP contribution is 2.46. The van der Waals surface area contributed by atoms with Crippen LogP contribution in [0.2, 0.25) is 0 Å². The van der Waals surface area contributed by atoms with Crippen LogP contribution in [0.5, 0.6) is 0 Å². The van der Waals surface area contributed by atoms with Crippen LogP contribution in [0, 0.1) is 18.6 Å². The SMILES string of the molecule is C=CC(=O)N1CCN(c2nc(=O)n3c4c(c(-c5ccc(F)cc5F)c(C)cc24)SC[C@@H]3COCOC)[C@@H](C)C1. The number of amides is 1. The van der Waals surface area contributed by atoms with Crippen molar-refractivity contribution >= 4 is 34.4 Å². The minimum atomic E-state index is -0.667. The maximum Gasteiger partial charge on any atom is 0.350 e. The number of methoxy groups -OCH3 is 1. The molecule has 1 amide bonds. The number of rotatable bonds is 7. The zero-order valence-corrected chi connectivity index (χ0v) is 22.9. The molecule has 11 heteroatoms. The second-order valence-corrected chi connectivity index (χ2v) is 10.8. The normalized spacial score (nSPS) is 19.0. The van der Waals surface area contributed by atoms with Crippen LogP contribution in [0.1, 0.15) is 18.5 Å². The van der Waals surface area contributed by atoms with Crippen molar-refractivity contribution in [2.24, 2.45) is 0 Å². The molecule has 2 aromatic carbocycles.